The van der Waals surface area contributed by atoms with E-state index in [4.69, 9.17) is 16.3 Å². The molecule has 0 bridgehead atoms. The zero-order chi connectivity index (χ0) is 31.4. The molecule has 2 aliphatic heterocycles. The van der Waals surface area contributed by atoms with Crippen LogP contribution in [0, 0.1) is 6.92 Å². The molecule has 2 unspecified atom stereocenters. The van der Waals surface area contributed by atoms with Gasteiger partial charge in [-0.3, -0.25) is 14.5 Å². The van der Waals surface area contributed by atoms with Crippen molar-refractivity contribution in [2.24, 2.45) is 0 Å². The molecule has 3 heterocycles. The number of unbranched alkanes of at least 4 members (excludes halogenated alkanes) is 1. The summed E-state index contributed by atoms with van der Waals surface area (Å²) in [4.78, 5) is 37.4. The summed E-state index contributed by atoms with van der Waals surface area (Å²) in [5.41, 5.74) is 3.92. The molecule has 3 aromatic carbocycles. The summed E-state index contributed by atoms with van der Waals surface area (Å²) in [6, 6.07) is 21.4. The number of rotatable bonds is 11. The van der Waals surface area contributed by atoms with Crippen LogP contribution in [0.3, 0.4) is 0 Å². The standard InChI is InChI=1S/C35H38BrClN4O3S/c1-24-4-11-28(12-5-24)45-35(34(43)38-14-2-3-15-40-16-18-44-19-17-40)21-32(42)41(23-25-6-8-26(36)9-7-25)33(35)30-22-39-31-20-27(37)10-13-29(30)31/h4-13,20,22,33,39H,2-3,14-19,21,23H2,1H3,(H,38,43). The van der Waals surface area contributed by atoms with Gasteiger partial charge < -0.3 is 19.9 Å². The average Bonchev–Trinajstić information content (AvgIpc) is 3.57. The number of likely N-dealkylation sites (tertiary alicyclic amines) is 1. The molecule has 2 fully saturated rings. The molecule has 2 atom stereocenters. The van der Waals surface area contributed by atoms with Crippen LogP contribution in [0.5, 0.6) is 0 Å². The van der Waals surface area contributed by atoms with Crippen molar-refractivity contribution in [1.82, 2.24) is 20.1 Å². The van der Waals surface area contributed by atoms with E-state index in [0.717, 1.165) is 82.7 Å². The zero-order valence-electron chi connectivity index (χ0n) is 25.4. The third-order valence-corrected chi connectivity index (χ3v) is 10.9. The van der Waals surface area contributed by atoms with E-state index in [9.17, 15) is 9.59 Å². The minimum Gasteiger partial charge on any atom is -0.379 e. The third kappa shape index (κ3) is 7.28. The van der Waals surface area contributed by atoms with Gasteiger partial charge in [0.05, 0.1) is 25.7 Å². The summed E-state index contributed by atoms with van der Waals surface area (Å²) in [6.07, 6.45) is 3.88. The van der Waals surface area contributed by atoms with Crippen LogP contribution >= 0.6 is 39.3 Å². The van der Waals surface area contributed by atoms with Crippen LogP contribution in [-0.4, -0.2) is 70.7 Å². The Labute approximate surface area is 282 Å². The van der Waals surface area contributed by atoms with Crippen LogP contribution in [0.2, 0.25) is 5.02 Å². The molecule has 0 spiro atoms. The van der Waals surface area contributed by atoms with Gasteiger partial charge in [-0.1, -0.05) is 63.4 Å². The number of thioether (sulfide) groups is 1. The van der Waals surface area contributed by atoms with Gasteiger partial charge in [-0.25, -0.2) is 0 Å². The zero-order valence-corrected chi connectivity index (χ0v) is 28.5. The Kier molecular flexibility index (Phi) is 10.2. The fourth-order valence-corrected chi connectivity index (χ4v) is 8.20. The Morgan fingerprint density at radius 3 is 2.60 bits per heavy atom. The lowest BCUT2D eigenvalue weighted by molar-refractivity contribution is -0.129. The summed E-state index contributed by atoms with van der Waals surface area (Å²) >= 11 is 11.4. The molecule has 4 aromatic rings. The van der Waals surface area contributed by atoms with E-state index in [2.05, 4.69) is 43.3 Å². The minimum absolute atomic E-state index is 0.0479. The first-order chi connectivity index (χ1) is 21.8. The summed E-state index contributed by atoms with van der Waals surface area (Å²) in [6.45, 7) is 7.45. The molecule has 7 nitrogen and oxygen atoms in total. The van der Waals surface area contributed by atoms with Crippen molar-refractivity contribution in [3.8, 4) is 0 Å². The SMILES string of the molecule is Cc1ccc(SC2(C(=O)NCCCCN3CCOCC3)CC(=O)N(Cc3ccc(Br)cc3)C2c2c[nH]c3cc(Cl)ccc23)cc1. The Morgan fingerprint density at radius 2 is 1.84 bits per heavy atom. The van der Waals surface area contributed by atoms with Crippen molar-refractivity contribution in [2.45, 2.75) is 48.4 Å². The average molecular weight is 710 g/mol. The molecule has 2 saturated heterocycles. The smallest absolute Gasteiger partial charge is 0.239 e. The lowest BCUT2D eigenvalue weighted by Crippen LogP contribution is -2.48. The van der Waals surface area contributed by atoms with Gasteiger partial charge in [0, 0.05) is 63.2 Å². The number of hydrogen-bond donors (Lipinski definition) is 2. The molecule has 45 heavy (non-hydrogen) atoms. The Hall–Kier alpha value is -2.82. The monoisotopic (exact) mass is 708 g/mol. The molecular formula is C35H38BrClN4O3S. The van der Waals surface area contributed by atoms with Crippen LogP contribution in [0.1, 0.15) is 42.0 Å². The van der Waals surface area contributed by atoms with E-state index in [1.165, 1.54) is 11.8 Å². The highest BCUT2D eigenvalue weighted by Crippen LogP contribution is 2.54. The normalized spacial score (nSPS) is 20.6. The first-order valence-electron chi connectivity index (χ1n) is 15.5. The Bertz CT molecular complexity index is 1640. The lowest BCUT2D eigenvalue weighted by Gasteiger charge is -2.36. The number of ether oxygens (including phenoxy) is 1. The molecule has 236 valence electrons. The molecule has 0 aliphatic carbocycles. The molecule has 2 N–H and O–H groups in total. The number of aryl methyl sites for hydroxylation is 1. The van der Waals surface area contributed by atoms with E-state index in [-0.39, 0.29) is 18.2 Å². The predicted octanol–water partition coefficient (Wildman–Crippen LogP) is 7.13. The quantitative estimate of drug-likeness (QED) is 0.162. The van der Waals surface area contributed by atoms with Crippen LogP contribution in [-0.2, 0) is 20.9 Å². The minimum atomic E-state index is -1.10. The summed E-state index contributed by atoms with van der Waals surface area (Å²) in [7, 11) is 0. The van der Waals surface area contributed by atoms with Crippen LogP contribution < -0.4 is 5.32 Å². The van der Waals surface area contributed by atoms with E-state index in [1.54, 1.807) is 0 Å². The number of nitrogens with one attached hydrogen (secondary N) is 2. The van der Waals surface area contributed by atoms with Crippen molar-refractivity contribution in [1.29, 1.82) is 0 Å². The number of morpholine rings is 1. The van der Waals surface area contributed by atoms with Crippen molar-refractivity contribution in [3.63, 3.8) is 0 Å². The van der Waals surface area contributed by atoms with E-state index in [1.807, 2.05) is 72.6 Å². The number of fused-ring (bicyclic) bond motifs is 1. The molecule has 2 aliphatic rings. The molecule has 2 amide bonds. The second-order valence-electron chi connectivity index (χ2n) is 11.9. The lowest BCUT2D eigenvalue weighted by atomic mass is 9.91. The third-order valence-electron chi connectivity index (χ3n) is 8.72. The van der Waals surface area contributed by atoms with Gasteiger partial charge >= 0.3 is 0 Å². The Morgan fingerprint density at radius 1 is 1.09 bits per heavy atom. The van der Waals surface area contributed by atoms with Crippen molar-refractivity contribution in [2.75, 3.05) is 39.4 Å². The maximum atomic E-state index is 14.6. The van der Waals surface area contributed by atoms with Gasteiger partial charge in [0.2, 0.25) is 11.8 Å². The van der Waals surface area contributed by atoms with Gasteiger partial charge in [-0.2, -0.15) is 0 Å². The molecule has 6 rings (SSSR count). The largest absolute Gasteiger partial charge is 0.379 e. The molecule has 0 saturated carbocycles. The maximum Gasteiger partial charge on any atom is 0.239 e. The second-order valence-corrected chi connectivity index (χ2v) is 14.6. The number of nitrogens with zero attached hydrogens (tertiary/aromatic N) is 2. The Balaban J connectivity index is 1.35. The van der Waals surface area contributed by atoms with Gasteiger partial charge in [-0.15, -0.1) is 11.8 Å². The van der Waals surface area contributed by atoms with Crippen LogP contribution in [0.15, 0.2) is 82.3 Å². The fourth-order valence-electron chi connectivity index (χ4n) is 6.35. The number of benzene rings is 3. The number of carbonyl (C=O) groups excluding carboxylic acids is 2. The number of carbonyl (C=O) groups is 2. The first-order valence-corrected chi connectivity index (χ1v) is 17.5. The van der Waals surface area contributed by atoms with Gasteiger partial charge in [-0.05, 0) is 68.3 Å². The molecular weight excluding hydrogens is 672 g/mol. The number of aromatic nitrogens is 1. The van der Waals surface area contributed by atoms with Crippen molar-refractivity contribution >= 4 is 62.0 Å². The number of aromatic amines is 1. The highest BCUT2D eigenvalue weighted by Gasteiger charge is 2.58. The number of halogens is 2. The number of amides is 2. The predicted molar refractivity (Wildman–Crippen MR) is 185 cm³/mol. The number of H-pyrrole nitrogens is 1. The second kappa shape index (κ2) is 14.3. The molecule has 0 radical (unpaired) electrons. The van der Waals surface area contributed by atoms with E-state index < -0.39 is 10.8 Å². The van der Waals surface area contributed by atoms with Crippen LogP contribution in [0.4, 0.5) is 0 Å². The van der Waals surface area contributed by atoms with Gasteiger partial charge in [0.1, 0.15) is 4.75 Å². The maximum absolute atomic E-state index is 14.6. The van der Waals surface area contributed by atoms with Crippen molar-refractivity contribution < 1.29 is 14.3 Å². The van der Waals surface area contributed by atoms with Crippen LogP contribution in [0.25, 0.3) is 10.9 Å². The first kappa shape index (κ1) is 32.1. The summed E-state index contributed by atoms with van der Waals surface area (Å²) in [5, 5.41) is 4.85. The van der Waals surface area contributed by atoms with E-state index in [0.29, 0.717) is 18.1 Å². The highest BCUT2D eigenvalue weighted by atomic mass is 79.9. The fraction of sp³-hybridized carbons (Fsp3) is 0.371. The van der Waals surface area contributed by atoms with Crippen molar-refractivity contribution in [3.05, 3.63) is 99.1 Å². The summed E-state index contributed by atoms with van der Waals surface area (Å²) < 4.78 is 5.35. The van der Waals surface area contributed by atoms with Gasteiger partial charge in [0.15, 0.2) is 0 Å². The molecule has 1 aromatic heterocycles. The topological polar surface area (TPSA) is 77.7 Å². The summed E-state index contributed by atoms with van der Waals surface area (Å²) in [5.74, 6) is -0.160. The van der Waals surface area contributed by atoms with Gasteiger partial charge in [0.25, 0.3) is 0 Å². The highest BCUT2D eigenvalue weighted by molar-refractivity contribution is 9.10. The number of hydrogen-bond acceptors (Lipinski definition) is 5. The van der Waals surface area contributed by atoms with E-state index >= 15 is 0 Å². The molecule has 10 heteroatoms.